The highest BCUT2D eigenvalue weighted by molar-refractivity contribution is 6.31. The van der Waals surface area contributed by atoms with E-state index in [1.807, 2.05) is 24.3 Å². The summed E-state index contributed by atoms with van der Waals surface area (Å²) in [5.41, 5.74) is 2.05. The SMILES string of the molecule is O=C(Nc1ccc2c(c1)OCCCO2)c1cnn(Cc2ccccc2Cl)c1. The van der Waals surface area contributed by atoms with E-state index in [9.17, 15) is 4.79 Å². The van der Waals surface area contributed by atoms with Crippen LogP contribution in [-0.2, 0) is 6.54 Å². The second kappa shape index (κ2) is 7.72. The van der Waals surface area contributed by atoms with E-state index < -0.39 is 0 Å². The zero-order valence-electron chi connectivity index (χ0n) is 14.5. The maximum Gasteiger partial charge on any atom is 0.258 e. The van der Waals surface area contributed by atoms with Crippen molar-refractivity contribution in [1.82, 2.24) is 9.78 Å². The molecule has 1 N–H and O–H groups in total. The lowest BCUT2D eigenvalue weighted by molar-refractivity contribution is 0.102. The van der Waals surface area contributed by atoms with E-state index in [4.69, 9.17) is 21.1 Å². The Balaban J connectivity index is 1.45. The van der Waals surface area contributed by atoms with Crippen molar-refractivity contribution in [2.45, 2.75) is 13.0 Å². The lowest BCUT2D eigenvalue weighted by atomic mass is 10.2. The number of halogens is 1. The molecule has 0 saturated carbocycles. The van der Waals surface area contributed by atoms with E-state index in [0.717, 1.165) is 12.0 Å². The van der Waals surface area contributed by atoms with Crippen molar-refractivity contribution in [1.29, 1.82) is 0 Å². The quantitative estimate of drug-likeness (QED) is 0.739. The average molecular weight is 384 g/mol. The molecule has 1 aliphatic rings. The van der Waals surface area contributed by atoms with Gasteiger partial charge in [-0.2, -0.15) is 5.10 Å². The number of hydrogen-bond donors (Lipinski definition) is 1. The van der Waals surface area contributed by atoms with E-state index in [2.05, 4.69) is 10.4 Å². The van der Waals surface area contributed by atoms with Gasteiger partial charge in [-0.05, 0) is 23.8 Å². The molecule has 0 aliphatic carbocycles. The minimum absolute atomic E-state index is 0.241. The number of benzene rings is 2. The number of nitrogens with zero attached hydrogens (tertiary/aromatic N) is 2. The van der Waals surface area contributed by atoms with E-state index in [0.29, 0.717) is 47.5 Å². The molecule has 0 spiro atoms. The van der Waals surface area contributed by atoms with Gasteiger partial charge in [-0.3, -0.25) is 9.48 Å². The summed E-state index contributed by atoms with van der Waals surface area (Å²) in [5.74, 6) is 1.09. The monoisotopic (exact) mass is 383 g/mol. The molecule has 7 heteroatoms. The van der Waals surface area contributed by atoms with Crippen LogP contribution >= 0.6 is 11.6 Å². The third-order valence-electron chi connectivity index (χ3n) is 4.19. The predicted molar refractivity (Wildman–Crippen MR) is 103 cm³/mol. The molecule has 0 fully saturated rings. The molecular weight excluding hydrogens is 366 g/mol. The van der Waals surface area contributed by atoms with Gasteiger partial charge in [0.05, 0.1) is 31.5 Å². The fourth-order valence-electron chi connectivity index (χ4n) is 2.81. The number of amides is 1. The third-order valence-corrected chi connectivity index (χ3v) is 4.56. The molecule has 0 saturated heterocycles. The maximum absolute atomic E-state index is 12.5. The van der Waals surface area contributed by atoms with Crippen LogP contribution in [0.5, 0.6) is 11.5 Å². The smallest absolute Gasteiger partial charge is 0.258 e. The van der Waals surface area contributed by atoms with Gasteiger partial charge in [0.2, 0.25) is 0 Å². The van der Waals surface area contributed by atoms with Crippen molar-refractivity contribution in [3.05, 3.63) is 71.0 Å². The van der Waals surface area contributed by atoms with E-state index >= 15 is 0 Å². The average Bonchev–Trinajstić information content (AvgIpc) is 3.01. The van der Waals surface area contributed by atoms with Gasteiger partial charge >= 0.3 is 0 Å². The molecule has 3 aromatic rings. The van der Waals surface area contributed by atoms with Crippen molar-refractivity contribution < 1.29 is 14.3 Å². The number of rotatable bonds is 4. The Kier molecular flexibility index (Phi) is 4.98. The molecule has 4 rings (SSSR count). The zero-order valence-corrected chi connectivity index (χ0v) is 15.3. The molecule has 2 heterocycles. The van der Waals surface area contributed by atoms with Crippen LogP contribution in [-0.4, -0.2) is 28.9 Å². The Morgan fingerprint density at radius 3 is 2.81 bits per heavy atom. The lowest BCUT2D eigenvalue weighted by Gasteiger charge is -2.10. The number of carbonyl (C=O) groups excluding carboxylic acids is 1. The summed E-state index contributed by atoms with van der Waals surface area (Å²) in [6.07, 6.45) is 4.07. The topological polar surface area (TPSA) is 65.4 Å². The van der Waals surface area contributed by atoms with Crippen LogP contribution in [0.15, 0.2) is 54.9 Å². The van der Waals surface area contributed by atoms with Gasteiger partial charge in [0.15, 0.2) is 11.5 Å². The van der Waals surface area contributed by atoms with Gasteiger partial charge in [0.25, 0.3) is 5.91 Å². The number of anilines is 1. The summed E-state index contributed by atoms with van der Waals surface area (Å²) < 4.78 is 12.9. The molecule has 1 aromatic heterocycles. The molecule has 1 aliphatic heterocycles. The van der Waals surface area contributed by atoms with E-state index in [-0.39, 0.29) is 5.91 Å². The Morgan fingerprint density at radius 2 is 1.96 bits per heavy atom. The number of aromatic nitrogens is 2. The largest absolute Gasteiger partial charge is 0.490 e. The molecule has 0 radical (unpaired) electrons. The van der Waals surface area contributed by atoms with Gasteiger partial charge in [-0.25, -0.2) is 0 Å². The predicted octanol–water partition coefficient (Wildman–Crippen LogP) is 4.00. The molecule has 0 atom stereocenters. The van der Waals surface area contributed by atoms with Crippen molar-refractivity contribution in [3.63, 3.8) is 0 Å². The van der Waals surface area contributed by atoms with Gasteiger partial charge < -0.3 is 14.8 Å². The van der Waals surface area contributed by atoms with Crippen LogP contribution in [0.25, 0.3) is 0 Å². The van der Waals surface area contributed by atoms with Crippen LogP contribution in [0.3, 0.4) is 0 Å². The van der Waals surface area contributed by atoms with E-state index in [1.54, 1.807) is 29.1 Å². The summed E-state index contributed by atoms with van der Waals surface area (Å²) >= 11 is 6.18. The first-order valence-corrected chi connectivity index (χ1v) is 9.04. The summed E-state index contributed by atoms with van der Waals surface area (Å²) in [6.45, 7) is 1.72. The number of nitrogens with one attached hydrogen (secondary N) is 1. The van der Waals surface area contributed by atoms with Gasteiger partial charge in [-0.15, -0.1) is 0 Å². The van der Waals surface area contributed by atoms with Crippen molar-refractivity contribution in [2.24, 2.45) is 0 Å². The normalized spacial score (nSPS) is 13.1. The Hall–Kier alpha value is -2.99. The van der Waals surface area contributed by atoms with E-state index in [1.165, 1.54) is 6.20 Å². The maximum atomic E-state index is 12.5. The van der Waals surface area contributed by atoms with Crippen LogP contribution in [0.4, 0.5) is 5.69 Å². The minimum atomic E-state index is -0.241. The molecule has 6 nitrogen and oxygen atoms in total. The summed E-state index contributed by atoms with van der Waals surface area (Å²) in [4.78, 5) is 12.5. The number of ether oxygens (including phenoxy) is 2. The molecule has 0 unspecified atom stereocenters. The van der Waals surface area contributed by atoms with Crippen LogP contribution in [0, 0.1) is 0 Å². The second-order valence-electron chi connectivity index (χ2n) is 6.18. The molecule has 0 bridgehead atoms. The highest BCUT2D eigenvalue weighted by Crippen LogP contribution is 2.32. The number of hydrogen-bond acceptors (Lipinski definition) is 4. The number of carbonyl (C=O) groups is 1. The van der Waals surface area contributed by atoms with Crippen molar-refractivity contribution in [3.8, 4) is 11.5 Å². The van der Waals surface area contributed by atoms with Gasteiger partial charge in [-0.1, -0.05) is 29.8 Å². The summed E-state index contributed by atoms with van der Waals surface area (Å²) in [5, 5.41) is 7.79. The molecule has 2 aromatic carbocycles. The summed E-state index contributed by atoms with van der Waals surface area (Å²) in [7, 11) is 0. The van der Waals surface area contributed by atoms with Crippen LogP contribution in [0.2, 0.25) is 5.02 Å². The fourth-order valence-corrected chi connectivity index (χ4v) is 3.01. The number of fused-ring (bicyclic) bond motifs is 1. The standard InChI is InChI=1S/C20H18ClN3O3/c21-17-5-2-1-4-14(17)12-24-13-15(11-22-24)20(25)23-16-6-7-18-19(10-16)27-9-3-8-26-18/h1-2,4-7,10-11,13H,3,8-9,12H2,(H,23,25). The third kappa shape index (κ3) is 4.06. The fraction of sp³-hybridized carbons (Fsp3) is 0.200. The molecule has 138 valence electrons. The first-order chi connectivity index (χ1) is 13.2. The van der Waals surface area contributed by atoms with Gasteiger partial charge in [0, 0.05) is 29.4 Å². The molecular formula is C20H18ClN3O3. The van der Waals surface area contributed by atoms with Gasteiger partial charge in [0.1, 0.15) is 0 Å². The molecule has 27 heavy (non-hydrogen) atoms. The zero-order chi connectivity index (χ0) is 18.6. The van der Waals surface area contributed by atoms with Crippen LogP contribution < -0.4 is 14.8 Å². The first-order valence-electron chi connectivity index (χ1n) is 8.66. The minimum Gasteiger partial charge on any atom is -0.490 e. The van der Waals surface area contributed by atoms with Crippen molar-refractivity contribution in [2.75, 3.05) is 18.5 Å². The highest BCUT2D eigenvalue weighted by atomic mass is 35.5. The summed E-state index contributed by atoms with van der Waals surface area (Å²) in [6, 6.07) is 12.9. The van der Waals surface area contributed by atoms with Crippen molar-refractivity contribution >= 4 is 23.2 Å². The van der Waals surface area contributed by atoms with Crippen LogP contribution in [0.1, 0.15) is 22.3 Å². The second-order valence-corrected chi connectivity index (χ2v) is 6.59. The molecule has 1 amide bonds. The lowest BCUT2D eigenvalue weighted by Crippen LogP contribution is -2.11. The Labute approximate surface area is 161 Å². The Morgan fingerprint density at radius 1 is 1.15 bits per heavy atom. The highest BCUT2D eigenvalue weighted by Gasteiger charge is 2.14. The Bertz CT molecular complexity index is 971. The first kappa shape index (κ1) is 17.4.